The number of nitrogens with zero attached hydrogens (tertiary/aromatic N) is 3. The second-order valence-electron chi connectivity index (χ2n) is 3.67. The minimum atomic E-state index is 0.863. The molecule has 0 aliphatic heterocycles. The van der Waals surface area contributed by atoms with Crippen molar-refractivity contribution in [3.05, 3.63) is 31.2 Å². The van der Waals surface area contributed by atoms with E-state index in [0.717, 1.165) is 34.9 Å². The summed E-state index contributed by atoms with van der Waals surface area (Å²) in [6.45, 7) is 4.58. The van der Waals surface area contributed by atoms with Gasteiger partial charge >= 0.3 is 0 Å². The first-order valence-electron chi connectivity index (χ1n) is 5.51. The van der Waals surface area contributed by atoms with E-state index >= 15 is 0 Å². The van der Waals surface area contributed by atoms with Gasteiger partial charge in [-0.05, 0) is 6.07 Å². The summed E-state index contributed by atoms with van der Waals surface area (Å²) >= 11 is 1.85. The van der Waals surface area contributed by atoms with Crippen LogP contribution in [0.5, 0.6) is 0 Å². The zero-order valence-electron chi connectivity index (χ0n) is 9.89. The number of anilines is 1. The molecule has 0 atom stereocenters. The Balaban J connectivity index is 2.01. The molecular weight excluding hydrogens is 232 g/mol. The maximum Gasteiger partial charge on any atom is 0.154 e. The van der Waals surface area contributed by atoms with Gasteiger partial charge in [-0.3, -0.25) is 0 Å². The summed E-state index contributed by atoms with van der Waals surface area (Å²) in [6.07, 6.45) is 5.54. The van der Waals surface area contributed by atoms with Crippen molar-refractivity contribution in [1.82, 2.24) is 14.5 Å². The molecular formula is C12H16N4S. The van der Waals surface area contributed by atoms with E-state index in [4.69, 9.17) is 0 Å². The van der Waals surface area contributed by atoms with Crippen molar-refractivity contribution in [2.24, 2.45) is 7.05 Å². The van der Waals surface area contributed by atoms with E-state index < -0.39 is 0 Å². The molecule has 0 fully saturated rings. The van der Waals surface area contributed by atoms with E-state index in [2.05, 4.69) is 21.9 Å². The van der Waals surface area contributed by atoms with Gasteiger partial charge in [-0.1, -0.05) is 6.08 Å². The Morgan fingerprint density at radius 3 is 3.24 bits per heavy atom. The first-order chi connectivity index (χ1) is 8.33. The molecule has 17 heavy (non-hydrogen) atoms. The summed E-state index contributed by atoms with van der Waals surface area (Å²) in [5.41, 5.74) is 2.03. The van der Waals surface area contributed by atoms with Crippen molar-refractivity contribution in [3.63, 3.8) is 0 Å². The second-order valence-corrected chi connectivity index (χ2v) is 4.82. The lowest BCUT2D eigenvalue weighted by Gasteiger charge is -2.05. The topological polar surface area (TPSA) is 42.7 Å². The quantitative estimate of drug-likeness (QED) is 0.629. The van der Waals surface area contributed by atoms with Crippen LogP contribution in [0.25, 0.3) is 11.0 Å². The third kappa shape index (κ3) is 2.79. The number of pyridine rings is 1. The molecule has 0 bridgehead atoms. The van der Waals surface area contributed by atoms with Crippen molar-refractivity contribution in [2.45, 2.75) is 0 Å². The molecule has 2 rings (SSSR count). The number of aryl methyl sites for hydroxylation is 1. The van der Waals surface area contributed by atoms with Gasteiger partial charge in [0.2, 0.25) is 0 Å². The molecule has 0 aromatic carbocycles. The highest BCUT2D eigenvalue weighted by molar-refractivity contribution is 7.99. The average molecular weight is 248 g/mol. The molecule has 0 aliphatic rings. The number of fused-ring (bicyclic) bond motifs is 1. The van der Waals surface area contributed by atoms with E-state index in [9.17, 15) is 0 Å². The molecule has 0 spiro atoms. The second kappa shape index (κ2) is 5.72. The molecule has 90 valence electrons. The molecule has 1 N–H and O–H groups in total. The predicted octanol–water partition coefficient (Wildman–Crippen LogP) is 2.30. The summed E-state index contributed by atoms with van der Waals surface area (Å²) in [4.78, 5) is 8.67. The SMILES string of the molecule is C=CCSCCNc1nccc2c1ncn2C. The summed E-state index contributed by atoms with van der Waals surface area (Å²) in [5, 5.41) is 3.32. The lowest BCUT2D eigenvalue weighted by Crippen LogP contribution is -2.06. The molecule has 4 nitrogen and oxygen atoms in total. The van der Waals surface area contributed by atoms with Crippen LogP contribution >= 0.6 is 11.8 Å². The Bertz CT molecular complexity index is 506. The maximum atomic E-state index is 4.35. The fraction of sp³-hybridized carbons (Fsp3) is 0.333. The molecule has 2 aromatic heterocycles. The van der Waals surface area contributed by atoms with E-state index in [1.807, 2.05) is 48.0 Å². The van der Waals surface area contributed by atoms with Gasteiger partial charge < -0.3 is 9.88 Å². The van der Waals surface area contributed by atoms with Gasteiger partial charge in [0.1, 0.15) is 5.52 Å². The van der Waals surface area contributed by atoms with E-state index in [1.165, 1.54) is 0 Å². The highest BCUT2D eigenvalue weighted by Gasteiger charge is 2.05. The standard InChI is InChI=1S/C12H16N4S/c1-3-7-17-8-6-14-12-11-10(4-5-13-12)16(2)9-15-11/h3-5,9H,1,6-8H2,2H3,(H,13,14). The smallest absolute Gasteiger partial charge is 0.154 e. The van der Waals surface area contributed by atoms with Crippen molar-refractivity contribution >= 4 is 28.6 Å². The third-order valence-corrected chi connectivity index (χ3v) is 3.38. The Hall–Kier alpha value is -1.49. The number of thioether (sulfide) groups is 1. The normalized spacial score (nSPS) is 10.6. The number of aromatic nitrogens is 3. The largest absolute Gasteiger partial charge is 0.367 e. The Morgan fingerprint density at radius 1 is 1.53 bits per heavy atom. The average Bonchev–Trinajstić information content (AvgIpc) is 2.72. The molecule has 0 radical (unpaired) electrons. The molecule has 2 heterocycles. The number of nitrogens with one attached hydrogen (secondary N) is 1. The van der Waals surface area contributed by atoms with E-state index in [1.54, 1.807) is 0 Å². The summed E-state index contributed by atoms with van der Waals surface area (Å²) < 4.78 is 1.99. The van der Waals surface area contributed by atoms with Crippen LogP contribution in [-0.2, 0) is 7.05 Å². The molecule has 5 heteroatoms. The van der Waals surface area contributed by atoms with Crippen LogP contribution in [0.1, 0.15) is 0 Å². The van der Waals surface area contributed by atoms with Crippen LogP contribution < -0.4 is 5.32 Å². The molecule has 2 aromatic rings. The monoisotopic (exact) mass is 248 g/mol. The predicted molar refractivity (Wildman–Crippen MR) is 74.5 cm³/mol. The Kier molecular flexibility index (Phi) is 4.03. The van der Waals surface area contributed by atoms with Crippen LogP contribution in [0.2, 0.25) is 0 Å². The van der Waals surface area contributed by atoms with Crippen LogP contribution in [0.15, 0.2) is 31.2 Å². The van der Waals surface area contributed by atoms with Gasteiger partial charge in [0.15, 0.2) is 5.82 Å². The zero-order chi connectivity index (χ0) is 12.1. The summed E-state index contributed by atoms with van der Waals surface area (Å²) in [5.74, 6) is 2.89. The van der Waals surface area contributed by atoms with Crippen LogP contribution in [0.3, 0.4) is 0 Å². The Morgan fingerprint density at radius 2 is 2.41 bits per heavy atom. The zero-order valence-corrected chi connectivity index (χ0v) is 10.7. The summed E-state index contributed by atoms with van der Waals surface area (Å²) in [6, 6.07) is 1.97. The molecule has 0 amide bonds. The van der Waals surface area contributed by atoms with Crippen molar-refractivity contribution in [3.8, 4) is 0 Å². The first kappa shape index (κ1) is 12.0. The highest BCUT2D eigenvalue weighted by Crippen LogP contribution is 2.18. The van der Waals surface area contributed by atoms with Crippen molar-refractivity contribution in [1.29, 1.82) is 0 Å². The van der Waals surface area contributed by atoms with Crippen LogP contribution in [0.4, 0.5) is 5.82 Å². The van der Waals surface area contributed by atoms with Crippen molar-refractivity contribution < 1.29 is 0 Å². The van der Waals surface area contributed by atoms with Crippen LogP contribution in [0, 0.1) is 0 Å². The number of hydrogen-bond donors (Lipinski definition) is 1. The highest BCUT2D eigenvalue weighted by atomic mass is 32.2. The number of hydrogen-bond acceptors (Lipinski definition) is 4. The van der Waals surface area contributed by atoms with Gasteiger partial charge in [-0.25, -0.2) is 9.97 Å². The fourth-order valence-corrected chi connectivity index (χ4v) is 2.18. The molecule has 0 saturated heterocycles. The van der Waals surface area contributed by atoms with E-state index in [0.29, 0.717) is 0 Å². The third-order valence-electron chi connectivity index (χ3n) is 2.42. The molecule has 0 aliphatic carbocycles. The minimum absolute atomic E-state index is 0.863. The van der Waals surface area contributed by atoms with Gasteiger partial charge in [-0.15, -0.1) is 6.58 Å². The van der Waals surface area contributed by atoms with Gasteiger partial charge in [-0.2, -0.15) is 11.8 Å². The molecule has 0 unspecified atom stereocenters. The van der Waals surface area contributed by atoms with E-state index in [-0.39, 0.29) is 0 Å². The minimum Gasteiger partial charge on any atom is -0.367 e. The maximum absolute atomic E-state index is 4.35. The fourth-order valence-electron chi connectivity index (χ4n) is 1.60. The van der Waals surface area contributed by atoms with Gasteiger partial charge in [0.05, 0.1) is 11.8 Å². The Labute approximate surface area is 105 Å². The first-order valence-corrected chi connectivity index (χ1v) is 6.67. The van der Waals surface area contributed by atoms with Gasteiger partial charge in [0, 0.05) is 31.3 Å². The van der Waals surface area contributed by atoms with Crippen LogP contribution in [-0.4, -0.2) is 32.6 Å². The summed E-state index contributed by atoms with van der Waals surface area (Å²) in [7, 11) is 1.99. The molecule has 0 saturated carbocycles. The van der Waals surface area contributed by atoms with Crippen molar-refractivity contribution in [2.75, 3.05) is 23.4 Å². The number of rotatable bonds is 6. The lowest BCUT2D eigenvalue weighted by molar-refractivity contribution is 0.947. The lowest BCUT2D eigenvalue weighted by atomic mass is 10.4. The van der Waals surface area contributed by atoms with Gasteiger partial charge in [0.25, 0.3) is 0 Å². The number of imidazole rings is 1.